The van der Waals surface area contributed by atoms with Gasteiger partial charge in [-0.15, -0.1) is 11.3 Å². The molecule has 2 aromatic heterocycles. The Morgan fingerprint density at radius 1 is 1.14 bits per heavy atom. The largest absolute Gasteiger partial charge is 0.309 e. The molecular weight excluding hydrogens is 390 g/mol. The normalized spacial score (nSPS) is 23.0. The number of rotatable bonds is 3. The fraction of sp³-hybridized carbons (Fsp3) is 0.455. The maximum Gasteiger partial charge on any atom is 0.260 e. The van der Waals surface area contributed by atoms with Crippen LogP contribution in [0.1, 0.15) is 37.9 Å². The highest BCUT2D eigenvalue weighted by molar-refractivity contribution is 7.17. The molecule has 3 aromatic rings. The maximum atomic E-state index is 12.9. The van der Waals surface area contributed by atoms with E-state index in [2.05, 4.69) is 9.88 Å². The van der Waals surface area contributed by atoms with Crippen LogP contribution in [-0.2, 0) is 6.54 Å². The average molecular weight is 414 g/mol. The molecule has 3 heterocycles. The van der Waals surface area contributed by atoms with E-state index in [4.69, 9.17) is 16.6 Å². The van der Waals surface area contributed by atoms with Crippen molar-refractivity contribution in [3.8, 4) is 11.1 Å². The third-order valence-electron chi connectivity index (χ3n) is 6.41. The summed E-state index contributed by atoms with van der Waals surface area (Å²) in [6.45, 7) is 2.98. The van der Waals surface area contributed by atoms with Gasteiger partial charge in [0.25, 0.3) is 5.56 Å². The van der Waals surface area contributed by atoms with Crippen molar-refractivity contribution in [2.24, 2.45) is 11.8 Å². The number of piperidine rings is 1. The van der Waals surface area contributed by atoms with Gasteiger partial charge in [-0.3, -0.25) is 9.69 Å². The van der Waals surface area contributed by atoms with Crippen molar-refractivity contribution >= 4 is 33.2 Å². The standard InChI is InChI=1S/C22H24ClN3OS/c23-18-8-4-3-7-16(18)17-13-28-22-20(17)21(27)24-19(25-22)12-26-10-9-14-5-1-2-6-15(14)11-26/h3-4,7-8,13-15H,1-2,5-6,9-12H2,(H,24,25,27)/t14-,15+/m0/s1. The molecule has 1 saturated carbocycles. The fourth-order valence-corrected chi connectivity index (χ4v) is 6.17. The van der Waals surface area contributed by atoms with Crippen LogP contribution in [0.15, 0.2) is 34.4 Å². The number of fused-ring (bicyclic) bond motifs is 2. The number of halogens is 1. The zero-order valence-corrected chi connectivity index (χ0v) is 17.4. The van der Waals surface area contributed by atoms with Crippen molar-refractivity contribution in [2.45, 2.75) is 38.6 Å². The summed E-state index contributed by atoms with van der Waals surface area (Å²) >= 11 is 7.87. The molecule has 0 unspecified atom stereocenters. The topological polar surface area (TPSA) is 49.0 Å². The zero-order valence-electron chi connectivity index (χ0n) is 15.8. The van der Waals surface area contributed by atoms with Crippen molar-refractivity contribution in [1.82, 2.24) is 14.9 Å². The molecular formula is C22H24ClN3OS. The van der Waals surface area contributed by atoms with Crippen LogP contribution in [0.4, 0.5) is 0 Å². The second kappa shape index (κ2) is 7.62. The van der Waals surface area contributed by atoms with E-state index in [0.29, 0.717) is 10.4 Å². The van der Waals surface area contributed by atoms with Crippen molar-refractivity contribution < 1.29 is 0 Å². The zero-order chi connectivity index (χ0) is 19.1. The van der Waals surface area contributed by atoms with Gasteiger partial charge >= 0.3 is 0 Å². The molecule has 1 aliphatic carbocycles. The van der Waals surface area contributed by atoms with Gasteiger partial charge in [0.2, 0.25) is 0 Å². The smallest absolute Gasteiger partial charge is 0.260 e. The Labute approximate surface area is 173 Å². The predicted molar refractivity (Wildman–Crippen MR) is 116 cm³/mol. The van der Waals surface area contributed by atoms with Crippen LogP contribution >= 0.6 is 22.9 Å². The molecule has 1 aliphatic heterocycles. The summed E-state index contributed by atoms with van der Waals surface area (Å²) in [6, 6.07) is 7.64. The second-order valence-corrected chi connectivity index (χ2v) is 9.42. The Morgan fingerprint density at radius 2 is 1.96 bits per heavy atom. The summed E-state index contributed by atoms with van der Waals surface area (Å²) in [5, 5.41) is 3.29. The SMILES string of the molecule is O=c1[nH]c(CN2CC[C@@H]3CCCC[C@@H]3C2)nc2scc(-c3ccccc3Cl)c12. The van der Waals surface area contributed by atoms with Crippen LogP contribution in [0.5, 0.6) is 0 Å². The number of hydrogen-bond donors (Lipinski definition) is 1. The molecule has 4 nitrogen and oxygen atoms in total. The van der Waals surface area contributed by atoms with Crippen LogP contribution in [0.2, 0.25) is 5.02 Å². The van der Waals surface area contributed by atoms with Crippen LogP contribution in [0.25, 0.3) is 21.3 Å². The van der Waals surface area contributed by atoms with E-state index in [1.54, 1.807) is 0 Å². The van der Waals surface area contributed by atoms with Crippen LogP contribution in [0.3, 0.4) is 0 Å². The van der Waals surface area contributed by atoms with E-state index >= 15 is 0 Å². The lowest BCUT2D eigenvalue weighted by Crippen LogP contribution is -2.41. The number of hydrogen-bond acceptors (Lipinski definition) is 4. The highest BCUT2D eigenvalue weighted by atomic mass is 35.5. The molecule has 1 N–H and O–H groups in total. The van der Waals surface area contributed by atoms with E-state index in [1.807, 2.05) is 29.6 Å². The number of thiophene rings is 1. The van der Waals surface area contributed by atoms with E-state index in [1.165, 1.54) is 43.4 Å². The van der Waals surface area contributed by atoms with Crippen molar-refractivity contribution in [1.29, 1.82) is 0 Å². The van der Waals surface area contributed by atoms with Crippen LogP contribution in [-0.4, -0.2) is 28.0 Å². The first-order valence-electron chi connectivity index (χ1n) is 10.2. The van der Waals surface area contributed by atoms with E-state index in [-0.39, 0.29) is 5.56 Å². The Hall–Kier alpha value is -1.69. The molecule has 5 rings (SSSR count). The Morgan fingerprint density at radius 3 is 2.82 bits per heavy atom. The number of aromatic amines is 1. The number of benzene rings is 1. The molecule has 0 bridgehead atoms. The third kappa shape index (κ3) is 3.40. The van der Waals surface area contributed by atoms with Gasteiger partial charge in [0.05, 0.1) is 11.9 Å². The van der Waals surface area contributed by atoms with Gasteiger partial charge in [0, 0.05) is 28.1 Å². The van der Waals surface area contributed by atoms with Gasteiger partial charge in [-0.05, 0) is 37.3 Å². The minimum Gasteiger partial charge on any atom is -0.309 e. The molecule has 28 heavy (non-hydrogen) atoms. The summed E-state index contributed by atoms with van der Waals surface area (Å²) in [7, 11) is 0. The predicted octanol–water partition coefficient (Wildman–Crippen LogP) is 5.32. The van der Waals surface area contributed by atoms with Crippen LogP contribution in [0, 0.1) is 11.8 Å². The van der Waals surface area contributed by atoms with Gasteiger partial charge in [-0.25, -0.2) is 4.98 Å². The second-order valence-electron chi connectivity index (χ2n) is 8.15. The molecule has 146 valence electrons. The molecule has 2 fully saturated rings. The molecule has 0 amide bonds. The fourth-order valence-electron chi connectivity index (χ4n) is 4.98. The molecule has 0 spiro atoms. The molecule has 1 saturated heterocycles. The summed E-state index contributed by atoms with van der Waals surface area (Å²) in [4.78, 5) is 24.0. The average Bonchev–Trinajstić information content (AvgIpc) is 3.12. The van der Waals surface area contributed by atoms with Crippen LogP contribution < -0.4 is 5.56 Å². The highest BCUT2D eigenvalue weighted by Crippen LogP contribution is 2.37. The number of nitrogens with zero attached hydrogens (tertiary/aromatic N) is 2. The summed E-state index contributed by atoms with van der Waals surface area (Å²) < 4.78 is 0. The van der Waals surface area contributed by atoms with Gasteiger partial charge in [-0.1, -0.05) is 49.1 Å². The molecule has 2 atom stereocenters. The van der Waals surface area contributed by atoms with Gasteiger partial charge in [0.15, 0.2) is 0 Å². The van der Waals surface area contributed by atoms with Crippen molar-refractivity contribution in [2.75, 3.05) is 13.1 Å². The number of H-pyrrole nitrogens is 1. The van der Waals surface area contributed by atoms with E-state index in [0.717, 1.165) is 53.3 Å². The molecule has 0 radical (unpaired) electrons. The third-order valence-corrected chi connectivity index (χ3v) is 7.61. The highest BCUT2D eigenvalue weighted by Gasteiger charge is 2.31. The first-order valence-corrected chi connectivity index (χ1v) is 11.4. The van der Waals surface area contributed by atoms with E-state index < -0.39 is 0 Å². The minimum atomic E-state index is -0.0660. The summed E-state index contributed by atoms with van der Waals surface area (Å²) in [5.74, 6) is 2.51. The lowest BCUT2D eigenvalue weighted by Gasteiger charge is -2.41. The first-order chi connectivity index (χ1) is 13.7. The quantitative estimate of drug-likeness (QED) is 0.632. The lowest BCUT2D eigenvalue weighted by molar-refractivity contribution is 0.0803. The number of aromatic nitrogens is 2. The van der Waals surface area contributed by atoms with Gasteiger partial charge < -0.3 is 4.98 Å². The Bertz CT molecular complexity index is 1060. The van der Waals surface area contributed by atoms with Gasteiger partial charge in [0.1, 0.15) is 10.7 Å². The summed E-state index contributed by atoms with van der Waals surface area (Å²) in [6.07, 6.45) is 6.82. The van der Waals surface area contributed by atoms with Gasteiger partial charge in [-0.2, -0.15) is 0 Å². The Balaban J connectivity index is 1.42. The summed E-state index contributed by atoms with van der Waals surface area (Å²) in [5.41, 5.74) is 1.69. The maximum absolute atomic E-state index is 12.9. The monoisotopic (exact) mass is 413 g/mol. The molecule has 2 aliphatic rings. The first kappa shape index (κ1) is 18.3. The Kier molecular flexibility index (Phi) is 4.99. The van der Waals surface area contributed by atoms with Crippen molar-refractivity contribution in [3.05, 3.63) is 50.8 Å². The lowest BCUT2D eigenvalue weighted by atomic mass is 9.75. The minimum absolute atomic E-state index is 0.0660. The number of likely N-dealkylation sites (tertiary alicyclic amines) is 1. The van der Waals surface area contributed by atoms with Crippen molar-refractivity contribution in [3.63, 3.8) is 0 Å². The molecule has 6 heteroatoms. The van der Waals surface area contributed by atoms with E-state index in [9.17, 15) is 4.79 Å². The number of nitrogens with one attached hydrogen (secondary N) is 1. The molecule has 1 aromatic carbocycles.